The van der Waals surface area contributed by atoms with Gasteiger partial charge in [-0.25, -0.2) is 4.98 Å². The summed E-state index contributed by atoms with van der Waals surface area (Å²) in [5.74, 6) is -1.22. The quantitative estimate of drug-likeness (QED) is 0.0889. The van der Waals surface area contributed by atoms with Gasteiger partial charge in [0, 0.05) is 55.1 Å². The summed E-state index contributed by atoms with van der Waals surface area (Å²) in [6.45, 7) is 4.38. The third-order valence-electron chi connectivity index (χ3n) is 9.27. The Hall–Kier alpha value is -4.31. The van der Waals surface area contributed by atoms with E-state index in [2.05, 4.69) is 34.1 Å². The number of likely N-dealkylation sites (N-methyl/N-ethyl adjacent to an activating group) is 1. The molecule has 0 radical (unpaired) electrons. The van der Waals surface area contributed by atoms with E-state index in [1.54, 1.807) is 6.20 Å². The van der Waals surface area contributed by atoms with Crippen molar-refractivity contribution in [2.75, 3.05) is 20.1 Å². The summed E-state index contributed by atoms with van der Waals surface area (Å²) in [5.41, 5.74) is 18.6. The molecule has 2 aliphatic heterocycles. The Labute approximate surface area is 278 Å². The highest BCUT2D eigenvalue weighted by Crippen LogP contribution is 2.62. The van der Waals surface area contributed by atoms with E-state index in [0.29, 0.717) is 30.5 Å². The molecule has 4 aliphatic rings. The fraction of sp³-hybridized carbons (Fsp3) is 0.545. The molecule has 2 aromatic rings. The number of esters is 2. The van der Waals surface area contributed by atoms with Gasteiger partial charge in [0.15, 0.2) is 17.6 Å². The number of rotatable bonds is 10. The summed E-state index contributed by atoms with van der Waals surface area (Å²) >= 11 is 0. The number of H-pyrrole nitrogens is 1. The van der Waals surface area contributed by atoms with E-state index in [4.69, 9.17) is 41.6 Å². The van der Waals surface area contributed by atoms with Gasteiger partial charge in [-0.05, 0) is 63.5 Å². The van der Waals surface area contributed by atoms with Crippen molar-refractivity contribution in [2.24, 2.45) is 23.1 Å². The lowest BCUT2D eigenvalue weighted by Crippen LogP contribution is -2.65. The summed E-state index contributed by atoms with van der Waals surface area (Å²) in [6, 6.07) is 2.71. The van der Waals surface area contributed by atoms with Gasteiger partial charge < -0.3 is 51.5 Å². The summed E-state index contributed by atoms with van der Waals surface area (Å²) in [4.78, 5) is 52.6. The van der Waals surface area contributed by atoms with Gasteiger partial charge in [0.1, 0.15) is 18.2 Å². The number of aliphatic carboxylic acids is 2. The average Bonchev–Trinajstić information content (AvgIpc) is 3.67. The molecule has 1 aromatic carbocycles. The molecule has 15 nitrogen and oxygen atoms in total. The number of nitrogens with zero attached hydrogens (tertiary/aromatic N) is 2. The van der Waals surface area contributed by atoms with Crippen molar-refractivity contribution in [3.8, 4) is 11.5 Å². The fourth-order valence-corrected chi connectivity index (χ4v) is 7.09. The fourth-order valence-electron chi connectivity index (χ4n) is 7.09. The Morgan fingerprint density at radius 3 is 2.44 bits per heavy atom. The van der Waals surface area contributed by atoms with Gasteiger partial charge in [-0.15, -0.1) is 0 Å². The van der Waals surface area contributed by atoms with Crippen LogP contribution < -0.4 is 26.7 Å². The minimum Gasteiger partial charge on any atom is -0.481 e. The van der Waals surface area contributed by atoms with Crippen LogP contribution in [-0.4, -0.2) is 99.4 Å². The predicted molar refractivity (Wildman–Crippen MR) is 173 cm³/mol. The molecule has 7 atom stereocenters. The van der Waals surface area contributed by atoms with E-state index >= 15 is 0 Å². The molecule has 9 N–H and O–H groups in total. The summed E-state index contributed by atoms with van der Waals surface area (Å²) < 4.78 is 17.5. The second-order valence-corrected chi connectivity index (χ2v) is 12.5. The molecule has 2 aliphatic carbocycles. The number of aromatic amines is 1. The lowest BCUT2D eigenvalue weighted by molar-refractivity contribution is -0.152. The van der Waals surface area contributed by atoms with E-state index in [1.807, 2.05) is 12.1 Å². The number of carbonyl (C=O) groups is 4. The molecule has 3 heterocycles. The van der Waals surface area contributed by atoms with Gasteiger partial charge in [0.25, 0.3) is 0 Å². The van der Waals surface area contributed by atoms with E-state index in [-0.39, 0.29) is 35.8 Å². The van der Waals surface area contributed by atoms with E-state index < -0.39 is 30.1 Å². The maximum atomic E-state index is 11.7. The lowest BCUT2D eigenvalue weighted by atomic mass is 9.53. The van der Waals surface area contributed by atoms with Crippen LogP contribution in [0.1, 0.15) is 56.4 Å². The molecule has 1 spiro atoms. The predicted octanol–water partition coefficient (Wildman–Crippen LogP) is 0.880. The number of unbranched alkanes of at least 4 members (excludes halogenated alkanes) is 1. The first kappa shape index (κ1) is 36.5. The Morgan fingerprint density at radius 1 is 1.10 bits per heavy atom. The molecular formula is C33H46N6O9. The van der Waals surface area contributed by atoms with E-state index in [1.165, 1.54) is 25.7 Å². The number of carbonyl (C=O) groups excluding carboxylic acids is 2. The van der Waals surface area contributed by atoms with Gasteiger partial charge in [-0.3, -0.25) is 19.2 Å². The number of benzene rings is 1. The third-order valence-corrected chi connectivity index (χ3v) is 9.27. The Bertz CT molecular complexity index is 1500. The second kappa shape index (κ2) is 15.7. The third kappa shape index (κ3) is 7.86. The molecule has 6 rings (SSSR count). The van der Waals surface area contributed by atoms with Crippen LogP contribution in [0.15, 0.2) is 36.8 Å². The largest absolute Gasteiger partial charge is 0.481 e. The highest BCUT2D eigenvalue weighted by atomic mass is 16.6. The number of nitrogens with two attached hydrogens (primary N) is 3. The normalized spacial score (nSPS) is 25.5. The van der Waals surface area contributed by atoms with Crippen molar-refractivity contribution in [3.63, 3.8) is 0 Å². The monoisotopic (exact) mass is 670 g/mol. The molecule has 1 fully saturated rings. The van der Waals surface area contributed by atoms with Crippen LogP contribution in [-0.2, 0) is 42.2 Å². The van der Waals surface area contributed by atoms with Gasteiger partial charge in [0.05, 0.1) is 6.33 Å². The summed E-state index contributed by atoms with van der Waals surface area (Å²) in [5, 5.41) is 16.7. The van der Waals surface area contributed by atoms with Crippen molar-refractivity contribution in [1.29, 1.82) is 0 Å². The van der Waals surface area contributed by atoms with Crippen LogP contribution in [0.3, 0.4) is 0 Å². The van der Waals surface area contributed by atoms with Crippen LogP contribution in [0, 0.1) is 5.92 Å². The van der Waals surface area contributed by atoms with Gasteiger partial charge in [-0.1, -0.05) is 18.6 Å². The molecular weight excluding hydrogens is 624 g/mol. The number of hydrogen-bond acceptors (Lipinski definition) is 12. The number of imidazole rings is 1. The maximum absolute atomic E-state index is 11.7. The van der Waals surface area contributed by atoms with Crippen LogP contribution in [0.4, 0.5) is 0 Å². The summed E-state index contributed by atoms with van der Waals surface area (Å²) in [7, 11) is 2.17. The number of carboxylic acid groups (broad SMARTS) is 2. The van der Waals surface area contributed by atoms with Crippen LogP contribution >= 0.6 is 0 Å². The van der Waals surface area contributed by atoms with Crippen molar-refractivity contribution < 1.29 is 43.6 Å². The first-order chi connectivity index (χ1) is 22.8. The van der Waals surface area contributed by atoms with Gasteiger partial charge >= 0.3 is 23.9 Å². The Kier molecular flexibility index (Phi) is 12.0. The number of carboxylic acids is 2. The second-order valence-electron chi connectivity index (χ2n) is 12.5. The highest BCUT2D eigenvalue weighted by molar-refractivity contribution is 5.74. The molecule has 262 valence electrons. The van der Waals surface area contributed by atoms with Crippen molar-refractivity contribution >= 4 is 23.9 Å². The van der Waals surface area contributed by atoms with Crippen molar-refractivity contribution in [3.05, 3.63) is 53.6 Å². The lowest BCUT2D eigenvalue weighted by Gasteiger charge is -2.56. The Morgan fingerprint density at radius 2 is 1.83 bits per heavy atom. The summed E-state index contributed by atoms with van der Waals surface area (Å²) in [6.07, 6.45) is 10.8. The molecule has 0 saturated carbocycles. The number of likely N-dealkylation sites (tertiary alicyclic amines) is 1. The van der Waals surface area contributed by atoms with Crippen LogP contribution in [0.2, 0.25) is 0 Å². The highest BCUT2D eigenvalue weighted by Gasteiger charge is 2.65. The first-order valence-electron chi connectivity index (χ1n) is 16.0. The number of hydrogen-bond donors (Lipinski definition) is 6. The molecule has 2 bridgehead atoms. The average molecular weight is 671 g/mol. The standard InChI is InChI=1S/C21H23NO5.C6H9N3O2.C6H14N2O2/c1-11(23)25-16-6-4-13-10-15-14-5-7-17(26-12(2)24)20-21(14,8-9-22(15)3)18(13)19(16)27-20;7-5(6(10)11)1-4-2-8-3-9-4;7-4-2-1-3-5(8)6(9)10/h4-7,14-15,17,20H,8-10H2,1-3H3;2-3,5H,1,7H2,(H,8,9)(H,10,11);5H,1-4,7-8H2,(H,9,10)/t14-,15+,17-,20-,21-;5-;/m00./s1. The first-order valence-corrected chi connectivity index (χ1v) is 16.0. The molecule has 15 heteroatoms. The smallest absolute Gasteiger partial charge is 0.320 e. The number of piperidine rings is 1. The zero-order valence-electron chi connectivity index (χ0n) is 27.5. The zero-order valence-corrected chi connectivity index (χ0v) is 27.5. The maximum Gasteiger partial charge on any atom is 0.320 e. The minimum atomic E-state index is -1.00. The van der Waals surface area contributed by atoms with Crippen LogP contribution in [0.25, 0.3) is 0 Å². The molecule has 0 amide bonds. The SMILES string of the molecule is CC(=O)Oc1ccc2c3c1O[C@H]1[C@@H](OC(C)=O)C=C[C@H]4[C@@H](C2)N(C)CC[C@@]341.NCCCCC(N)C(=O)O.N[C@@H](Cc1cnc[nH]1)C(=O)O. The molecule has 1 aromatic heterocycles. The topological polar surface area (TPSA) is 246 Å². The van der Waals surface area contributed by atoms with Crippen molar-refractivity contribution in [2.45, 2.75) is 88.1 Å². The molecule has 1 saturated heterocycles. The Balaban J connectivity index is 0.000000205. The number of nitrogens with one attached hydrogen (secondary N) is 1. The number of aromatic nitrogens is 2. The molecule has 1 unspecified atom stereocenters. The van der Waals surface area contributed by atoms with E-state index in [0.717, 1.165) is 43.5 Å². The van der Waals surface area contributed by atoms with Gasteiger partial charge in [-0.2, -0.15) is 0 Å². The van der Waals surface area contributed by atoms with Gasteiger partial charge in [0.2, 0.25) is 0 Å². The number of ether oxygens (including phenoxy) is 3. The van der Waals surface area contributed by atoms with Crippen molar-refractivity contribution in [1.82, 2.24) is 14.9 Å². The minimum absolute atomic E-state index is 0.245. The van der Waals surface area contributed by atoms with E-state index in [9.17, 15) is 19.2 Å². The molecule has 48 heavy (non-hydrogen) atoms. The van der Waals surface area contributed by atoms with Crippen LogP contribution in [0.5, 0.6) is 11.5 Å². The zero-order chi connectivity index (χ0) is 35.2.